The van der Waals surface area contributed by atoms with Crippen LogP contribution in [0, 0.1) is 5.41 Å². The summed E-state index contributed by atoms with van der Waals surface area (Å²) in [7, 11) is 0. The summed E-state index contributed by atoms with van der Waals surface area (Å²) < 4.78 is 0. The van der Waals surface area contributed by atoms with E-state index in [9.17, 15) is 4.79 Å². The van der Waals surface area contributed by atoms with E-state index in [0.717, 1.165) is 24.1 Å². The number of nitrogens with one attached hydrogen (secondary N) is 1. The molecule has 17 heavy (non-hydrogen) atoms. The van der Waals surface area contributed by atoms with Crippen LogP contribution in [-0.2, 0) is 6.42 Å². The van der Waals surface area contributed by atoms with Crippen LogP contribution in [0.2, 0.25) is 0 Å². The standard InChI is InChI=1S/C14H21NOS/c1-4-10-6-8-17-12(10)13(16)15-11-5-7-14(2,3)9-11/h6,8,11H,4-5,7,9H2,1-3H3,(H,15,16). The molecular weight excluding hydrogens is 230 g/mol. The number of amides is 1. The van der Waals surface area contributed by atoms with Crippen molar-refractivity contribution in [1.29, 1.82) is 0 Å². The first-order valence-corrected chi connectivity index (χ1v) is 7.27. The van der Waals surface area contributed by atoms with Crippen LogP contribution >= 0.6 is 11.3 Å². The van der Waals surface area contributed by atoms with Gasteiger partial charge in [0, 0.05) is 6.04 Å². The van der Waals surface area contributed by atoms with Gasteiger partial charge in [0.15, 0.2) is 0 Å². The van der Waals surface area contributed by atoms with E-state index in [-0.39, 0.29) is 5.91 Å². The monoisotopic (exact) mass is 251 g/mol. The minimum absolute atomic E-state index is 0.125. The fourth-order valence-electron chi connectivity index (χ4n) is 2.62. The molecule has 1 aromatic rings. The smallest absolute Gasteiger partial charge is 0.261 e. The van der Waals surface area contributed by atoms with Gasteiger partial charge >= 0.3 is 0 Å². The zero-order chi connectivity index (χ0) is 12.5. The van der Waals surface area contributed by atoms with Gasteiger partial charge in [0.25, 0.3) is 5.91 Å². The summed E-state index contributed by atoms with van der Waals surface area (Å²) in [6.45, 7) is 6.65. The molecule has 3 heteroatoms. The Bertz CT molecular complexity index is 408. The van der Waals surface area contributed by atoms with Gasteiger partial charge in [0.2, 0.25) is 0 Å². The molecule has 1 saturated carbocycles. The Morgan fingerprint density at radius 2 is 2.35 bits per heavy atom. The highest BCUT2D eigenvalue weighted by atomic mass is 32.1. The van der Waals surface area contributed by atoms with E-state index in [1.54, 1.807) is 11.3 Å². The zero-order valence-electron chi connectivity index (χ0n) is 10.9. The summed E-state index contributed by atoms with van der Waals surface area (Å²) in [4.78, 5) is 13.1. The van der Waals surface area contributed by atoms with Crippen molar-refractivity contribution in [3.8, 4) is 0 Å². The van der Waals surface area contributed by atoms with Crippen molar-refractivity contribution in [2.24, 2.45) is 5.41 Å². The first kappa shape index (κ1) is 12.6. The Morgan fingerprint density at radius 1 is 1.59 bits per heavy atom. The van der Waals surface area contributed by atoms with Crippen LogP contribution in [0.5, 0.6) is 0 Å². The average molecular weight is 251 g/mol. The lowest BCUT2D eigenvalue weighted by atomic mass is 9.92. The van der Waals surface area contributed by atoms with Crippen molar-refractivity contribution < 1.29 is 4.79 Å². The Morgan fingerprint density at radius 3 is 2.94 bits per heavy atom. The van der Waals surface area contributed by atoms with E-state index in [1.807, 2.05) is 5.38 Å². The van der Waals surface area contributed by atoms with E-state index in [1.165, 1.54) is 12.0 Å². The topological polar surface area (TPSA) is 29.1 Å². The van der Waals surface area contributed by atoms with Crippen molar-refractivity contribution in [3.63, 3.8) is 0 Å². The SMILES string of the molecule is CCc1ccsc1C(=O)NC1CCC(C)(C)C1. The fraction of sp³-hybridized carbons (Fsp3) is 0.643. The average Bonchev–Trinajstić information content (AvgIpc) is 2.84. The van der Waals surface area contributed by atoms with Crippen molar-refractivity contribution >= 4 is 17.2 Å². The minimum atomic E-state index is 0.125. The second-order valence-electron chi connectivity index (χ2n) is 5.71. The van der Waals surface area contributed by atoms with E-state index in [2.05, 4.69) is 32.2 Å². The van der Waals surface area contributed by atoms with Gasteiger partial charge in [-0.2, -0.15) is 0 Å². The molecule has 94 valence electrons. The van der Waals surface area contributed by atoms with Gasteiger partial charge in [-0.1, -0.05) is 20.8 Å². The maximum absolute atomic E-state index is 12.2. The molecule has 2 rings (SSSR count). The van der Waals surface area contributed by atoms with Crippen LogP contribution in [0.4, 0.5) is 0 Å². The number of hydrogen-bond acceptors (Lipinski definition) is 2. The van der Waals surface area contributed by atoms with Crippen LogP contribution in [0.3, 0.4) is 0 Å². The largest absolute Gasteiger partial charge is 0.349 e. The third kappa shape index (κ3) is 2.89. The van der Waals surface area contributed by atoms with E-state index >= 15 is 0 Å². The van der Waals surface area contributed by atoms with Crippen LogP contribution in [0.25, 0.3) is 0 Å². The van der Waals surface area contributed by atoms with Crippen molar-refractivity contribution in [1.82, 2.24) is 5.32 Å². The summed E-state index contributed by atoms with van der Waals surface area (Å²) in [6.07, 6.45) is 4.36. The highest BCUT2D eigenvalue weighted by molar-refractivity contribution is 7.12. The summed E-state index contributed by atoms with van der Waals surface area (Å²) >= 11 is 1.55. The summed E-state index contributed by atoms with van der Waals surface area (Å²) in [5, 5.41) is 5.19. The molecule has 1 aliphatic carbocycles. The Hall–Kier alpha value is -0.830. The lowest BCUT2D eigenvalue weighted by Crippen LogP contribution is -2.33. The maximum atomic E-state index is 12.2. The summed E-state index contributed by atoms with van der Waals surface area (Å²) in [5.74, 6) is 0.125. The van der Waals surface area contributed by atoms with Gasteiger partial charge in [-0.15, -0.1) is 11.3 Å². The van der Waals surface area contributed by atoms with E-state index in [4.69, 9.17) is 0 Å². The molecule has 1 heterocycles. The second-order valence-corrected chi connectivity index (χ2v) is 6.62. The highest BCUT2D eigenvalue weighted by Crippen LogP contribution is 2.37. The zero-order valence-corrected chi connectivity index (χ0v) is 11.7. The molecule has 0 saturated heterocycles. The molecule has 1 N–H and O–H groups in total. The lowest BCUT2D eigenvalue weighted by Gasteiger charge is -2.17. The summed E-state index contributed by atoms with van der Waals surface area (Å²) in [6, 6.07) is 2.42. The maximum Gasteiger partial charge on any atom is 0.261 e. The summed E-state index contributed by atoms with van der Waals surface area (Å²) in [5.41, 5.74) is 1.56. The van der Waals surface area contributed by atoms with Crippen molar-refractivity contribution in [2.75, 3.05) is 0 Å². The lowest BCUT2D eigenvalue weighted by molar-refractivity contribution is 0.0939. The number of aryl methyl sites for hydroxylation is 1. The number of hydrogen-bond donors (Lipinski definition) is 1. The molecule has 0 aliphatic heterocycles. The second kappa shape index (κ2) is 4.81. The van der Waals surface area contributed by atoms with Crippen LogP contribution in [0.1, 0.15) is 55.3 Å². The molecule has 0 spiro atoms. The molecular formula is C14H21NOS. The predicted octanol–water partition coefficient (Wildman–Crippen LogP) is 3.62. The van der Waals surface area contributed by atoms with Gasteiger partial charge in [-0.3, -0.25) is 4.79 Å². The van der Waals surface area contributed by atoms with Gasteiger partial charge in [0.1, 0.15) is 0 Å². The molecule has 0 radical (unpaired) electrons. The Kier molecular flexibility index (Phi) is 3.57. The Labute approximate surface area is 107 Å². The van der Waals surface area contributed by atoms with Gasteiger partial charge in [-0.25, -0.2) is 0 Å². The number of rotatable bonds is 3. The van der Waals surface area contributed by atoms with Crippen LogP contribution in [0.15, 0.2) is 11.4 Å². The van der Waals surface area contributed by atoms with Gasteiger partial charge in [-0.05, 0) is 48.1 Å². The molecule has 1 amide bonds. The van der Waals surface area contributed by atoms with Crippen LogP contribution in [-0.4, -0.2) is 11.9 Å². The van der Waals surface area contributed by atoms with Crippen molar-refractivity contribution in [2.45, 2.75) is 52.5 Å². The molecule has 1 fully saturated rings. The van der Waals surface area contributed by atoms with Gasteiger partial charge in [0.05, 0.1) is 4.88 Å². The Balaban J connectivity index is 1.98. The molecule has 1 unspecified atom stereocenters. The third-order valence-corrected chi connectivity index (χ3v) is 4.59. The number of carbonyl (C=O) groups excluding carboxylic acids is 1. The molecule has 1 atom stereocenters. The first-order valence-electron chi connectivity index (χ1n) is 6.39. The number of thiophene rings is 1. The molecule has 0 aromatic carbocycles. The minimum Gasteiger partial charge on any atom is -0.349 e. The number of carbonyl (C=O) groups is 1. The first-order chi connectivity index (χ1) is 8.02. The third-order valence-electron chi connectivity index (χ3n) is 3.64. The van der Waals surface area contributed by atoms with Gasteiger partial charge < -0.3 is 5.32 Å². The molecule has 1 aliphatic rings. The van der Waals surface area contributed by atoms with Crippen molar-refractivity contribution in [3.05, 3.63) is 21.9 Å². The predicted molar refractivity (Wildman–Crippen MR) is 72.6 cm³/mol. The normalized spacial score (nSPS) is 22.6. The highest BCUT2D eigenvalue weighted by Gasteiger charge is 2.32. The quantitative estimate of drug-likeness (QED) is 0.873. The molecule has 0 bridgehead atoms. The van der Waals surface area contributed by atoms with E-state index in [0.29, 0.717) is 11.5 Å². The molecule has 2 nitrogen and oxygen atoms in total. The van der Waals surface area contributed by atoms with E-state index < -0.39 is 0 Å². The fourth-order valence-corrected chi connectivity index (χ4v) is 3.52. The molecule has 1 aromatic heterocycles. The van der Waals surface area contributed by atoms with Crippen LogP contribution < -0.4 is 5.32 Å².